The second-order valence-corrected chi connectivity index (χ2v) is 4.24. The molecule has 0 aromatic carbocycles. The molecule has 1 atom stereocenters. The Balaban J connectivity index is 1.79. The highest BCUT2D eigenvalue weighted by atomic mass is 16.5. The molecule has 3 heterocycles. The minimum absolute atomic E-state index is 0.302. The minimum atomic E-state index is 0.302. The fourth-order valence-corrected chi connectivity index (χ4v) is 2.12. The predicted octanol–water partition coefficient (Wildman–Crippen LogP) is 0.954. The number of anilines is 1. The van der Waals surface area contributed by atoms with E-state index in [0.29, 0.717) is 6.10 Å². The molecular weight excluding hydrogens is 218 g/mol. The van der Waals surface area contributed by atoms with Crippen molar-refractivity contribution < 1.29 is 4.74 Å². The van der Waals surface area contributed by atoms with E-state index in [2.05, 4.69) is 20.4 Å². The molecule has 2 aromatic rings. The summed E-state index contributed by atoms with van der Waals surface area (Å²) in [5, 5.41) is 8.44. The van der Waals surface area contributed by atoms with Gasteiger partial charge in [0.15, 0.2) is 5.65 Å². The van der Waals surface area contributed by atoms with Gasteiger partial charge in [-0.05, 0) is 12.8 Å². The first-order valence-corrected chi connectivity index (χ1v) is 5.83. The first-order chi connectivity index (χ1) is 8.34. The highest BCUT2D eigenvalue weighted by molar-refractivity contribution is 5.85. The van der Waals surface area contributed by atoms with E-state index in [1.54, 1.807) is 17.2 Å². The lowest BCUT2D eigenvalue weighted by molar-refractivity contribution is 0.120. The Kier molecular flexibility index (Phi) is 2.64. The molecule has 2 aromatic heterocycles. The van der Waals surface area contributed by atoms with Gasteiger partial charge in [-0.15, -0.1) is 0 Å². The zero-order valence-electron chi connectivity index (χ0n) is 9.76. The van der Waals surface area contributed by atoms with Crippen LogP contribution in [0.5, 0.6) is 0 Å². The SMILES string of the molecule is Cn1ncc2c(NC[C@@H]3CCCO3)ncnc21. The summed E-state index contributed by atoms with van der Waals surface area (Å²) in [7, 11) is 1.87. The summed E-state index contributed by atoms with van der Waals surface area (Å²) in [5.41, 5.74) is 0.842. The van der Waals surface area contributed by atoms with Gasteiger partial charge < -0.3 is 10.1 Å². The van der Waals surface area contributed by atoms with E-state index >= 15 is 0 Å². The summed E-state index contributed by atoms with van der Waals surface area (Å²) in [6, 6.07) is 0. The largest absolute Gasteiger partial charge is 0.376 e. The van der Waals surface area contributed by atoms with E-state index in [1.807, 2.05) is 7.05 Å². The fourth-order valence-electron chi connectivity index (χ4n) is 2.12. The van der Waals surface area contributed by atoms with Gasteiger partial charge in [0.25, 0.3) is 0 Å². The van der Waals surface area contributed by atoms with Crippen LogP contribution in [-0.4, -0.2) is 39.0 Å². The molecular formula is C11H15N5O. The Labute approximate surface area is 99.0 Å². The molecule has 0 radical (unpaired) electrons. The molecule has 90 valence electrons. The Morgan fingerprint density at radius 3 is 3.29 bits per heavy atom. The lowest BCUT2D eigenvalue weighted by Crippen LogP contribution is -2.19. The topological polar surface area (TPSA) is 64.9 Å². The average Bonchev–Trinajstić information content (AvgIpc) is 2.97. The molecule has 0 unspecified atom stereocenters. The van der Waals surface area contributed by atoms with Crippen LogP contribution >= 0.6 is 0 Å². The van der Waals surface area contributed by atoms with Crippen molar-refractivity contribution in [2.24, 2.45) is 7.05 Å². The van der Waals surface area contributed by atoms with Gasteiger partial charge >= 0.3 is 0 Å². The number of nitrogens with one attached hydrogen (secondary N) is 1. The third-order valence-corrected chi connectivity index (χ3v) is 3.05. The van der Waals surface area contributed by atoms with E-state index in [9.17, 15) is 0 Å². The molecule has 0 amide bonds. The Hall–Kier alpha value is -1.69. The van der Waals surface area contributed by atoms with Crippen molar-refractivity contribution in [3.05, 3.63) is 12.5 Å². The van der Waals surface area contributed by atoms with Crippen LogP contribution in [0.15, 0.2) is 12.5 Å². The smallest absolute Gasteiger partial charge is 0.163 e. The van der Waals surface area contributed by atoms with Gasteiger partial charge in [-0.1, -0.05) is 0 Å². The molecule has 0 spiro atoms. The first-order valence-electron chi connectivity index (χ1n) is 5.83. The normalized spacial score (nSPS) is 19.9. The van der Waals surface area contributed by atoms with Crippen molar-refractivity contribution in [3.8, 4) is 0 Å². The second kappa shape index (κ2) is 4.29. The van der Waals surface area contributed by atoms with Crippen molar-refractivity contribution >= 4 is 16.9 Å². The molecule has 6 nitrogen and oxygen atoms in total. The minimum Gasteiger partial charge on any atom is -0.376 e. The van der Waals surface area contributed by atoms with Crippen LogP contribution in [0.25, 0.3) is 11.0 Å². The molecule has 3 rings (SSSR count). The molecule has 1 aliphatic rings. The van der Waals surface area contributed by atoms with Crippen LogP contribution in [0.2, 0.25) is 0 Å². The van der Waals surface area contributed by atoms with Crippen molar-refractivity contribution in [1.29, 1.82) is 0 Å². The van der Waals surface area contributed by atoms with Crippen molar-refractivity contribution in [2.75, 3.05) is 18.5 Å². The standard InChI is InChI=1S/C11H15N5O/c1-16-11-9(6-15-16)10(13-7-14-11)12-5-8-3-2-4-17-8/h6-8H,2-5H2,1H3,(H,12,13,14)/t8-/m0/s1. The maximum Gasteiger partial charge on any atom is 0.163 e. The zero-order chi connectivity index (χ0) is 11.7. The molecule has 17 heavy (non-hydrogen) atoms. The van der Waals surface area contributed by atoms with Gasteiger partial charge in [-0.3, -0.25) is 4.68 Å². The Morgan fingerprint density at radius 2 is 2.47 bits per heavy atom. The van der Waals surface area contributed by atoms with E-state index in [-0.39, 0.29) is 0 Å². The van der Waals surface area contributed by atoms with Gasteiger partial charge in [0.1, 0.15) is 12.1 Å². The van der Waals surface area contributed by atoms with Crippen molar-refractivity contribution in [1.82, 2.24) is 19.7 Å². The third kappa shape index (κ3) is 1.95. The molecule has 6 heteroatoms. The number of aromatic nitrogens is 4. The van der Waals surface area contributed by atoms with Gasteiger partial charge in [-0.2, -0.15) is 5.10 Å². The summed E-state index contributed by atoms with van der Waals surface area (Å²) in [4.78, 5) is 8.45. The average molecular weight is 233 g/mol. The number of hydrogen-bond donors (Lipinski definition) is 1. The van der Waals surface area contributed by atoms with Gasteiger partial charge in [-0.25, -0.2) is 9.97 Å². The summed E-state index contributed by atoms with van der Waals surface area (Å²) in [6.45, 7) is 1.67. The second-order valence-electron chi connectivity index (χ2n) is 4.24. The monoisotopic (exact) mass is 233 g/mol. The molecule has 0 bridgehead atoms. The van der Waals surface area contributed by atoms with Crippen LogP contribution < -0.4 is 5.32 Å². The number of rotatable bonds is 3. The number of hydrogen-bond acceptors (Lipinski definition) is 5. The Morgan fingerprint density at radius 1 is 1.53 bits per heavy atom. The van der Waals surface area contributed by atoms with Crippen LogP contribution in [0.3, 0.4) is 0 Å². The van der Waals surface area contributed by atoms with E-state index in [0.717, 1.165) is 42.8 Å². The summed E-state index contributed by atoms with van der Waals surface area (Å²) < 4.78 is 7.31. The van der Waals surface area contributed by atoms with Gasteiger partial charge in [0.2, 0.25) is 0 Å². The third-order valence-electron chi connectivity index (χ3n) is 3.05. The first kappa shape index (κ1) is 10.5. The van der Waals surface area contributed by atoms with Crippen LogP contribution in [0, 0.1) is 0 Å². The number of fused-ring (bicyclic) bond motifs is 1. The molecule has 1 aliphatic heterocycles. The van der Waals surface area contributed by atoms with Crippen LogP contribution in [-0.2, 0) is 11.8 Å². The number of aryl methyl sites for hydroxylation is 1. The molecule has 1 saturated heterocycles. The maximum absolute atomic E-state index is 5.57. The molecule has 0 saturated carbocycles. The molecule has 1 N–H and O–H groups in total. The van der Waals surface area contributed by atoms with Gasteiger partial charge in [0.05, 0.1) is 17.7 Å². The zero-order valence-corrected chi connectivity index (χ0v) is 9.76. The van der Waals surface area contributed by atoms with Gasteiger partial charge in [0, 0.05) is 20.2 Å². The quantitative estimate of drug-likeness (QED) is 0.855. The van der Waals surface area contributed by atoms with E-state index in [4.69, 9.17) is 4.74 Å². The predicted molar refractivity (Wildman–Crippen MR) is 63.8 cm³/mol. The lowest BCUT2D eigenvalue weighted by atomic mass is 10.2. The van der Waals surface area contributed by atoms with E-state index < -0.39 is 0 Å². The summed E-state index contributed by atoms with van der Waals surface area (Å²) in [6.07, 6.45) is 5.92. The Bertz CT molecular complexity index is 518. The van der Waals surface area contributed by atoms with E-state index in [1.165, 1.54) is 0 Å². The van der Waals surface area contributed by atoms with Crippen molar-refractivity contribution in [2.45, 2.75) is 18.9 Å². The fraction of sp³-hybridized carbons (Fsp3) is 0.545. The molecule has 0 aliphatic carbocycles. The highest BCUT2D eigenvalue weighted by Gasteiger charge is 2.16. The maximum atomic E-state index is 5.57. The van der Waals surface area contributed by atoms with Crippen LogP contribution in [0.1, 0.15) is 12.8 Å². The van der Waals surface area contributed by atoms with Crippen LogP contribution in [0.4, 0.5) is 5.82 Å². The number of nitrogens with zero attached hydrogens (tertiary/aromatic N) is 4. The lowest BCUT2D eigenvalue weighted by Gasteiger charge is -2.11. The molecule has 1 fully saturated rings. The summed E-state index contributed by atoms with van der Waals surface area (Å²) >= 11 is 0. The number of ether oxygens (including phenoxy) is 1. The summed E-state index contributed by atoms with van der Waals surface area (Å²) in [5.74, 6) is 0.832. The van der Waals surface area contributed by atoms with Crippen molar-refractivity contribution in [3.63, 3.8) is 0 Å². The highest BCUT2D eigenvalue weighted by Crippen LogP contribution is 2.19.